The Morgan fingerprint density at radius 2 is 2.00 bits per heavy atom. The molecule has 0 atom stereocenters. The van der Waals surface area contributed by atoms with Crippen molar-refractivity contribution in [1.82, 2.24) is 4.98 Å². The molecule has 0 aliphatic heterocycles. The number of carbonyl (C=O) groups excluding carboxylic acids is 1. The minimum atomic E-state index is 0.164. The van der Waals surface area contributed by atoms with Gasteiger partial charge in [0.15, 0.2) is 0 Å². The van der Waals surface area contributed by atoms with Crippen LogP contribution in [0.15, 0.2) is 29.3 Å². The van der Waals surface area contributed by atoms with E-state index in [-0.39, 0.29) is 5.78 Å². The van der Waals surface area contributed by atoms with Gasteiger partial charge in [0.05, 0.1) is 5.52 Å². The van der Waals surface area contributed by atoms with Crippen LogP contribution >= 0.6 is 0 Å². The van der Waals surface area contributed by atoms with E-state index in [4.69, 9.17) is 0 Å². The summed E-state index contributed by atoms with van der Waals surface area (Å²) in [6.45, 7) is 8.35. The van der Waals surface area contributed by atoms with Crippen LogP contribution in [0.25, 0.3) is 10.9 Å². The van der Waals surface area contributed by atoms with Gasteiger partial charge in [0.1, 0.15) is 5.78 Å². The molecule has 0 radical (unpaired) electrons. The van der Waals surface area contributed by atoms with Crippen LogP contribution in [0, 0.1) is 13.8 Å². The van der Waals surface area contributed by atoms with E-state index in [1.807, 2.05) is 13.8 Å². The molecule has 0 spiro atoms. The third kappa shape index (κ3) is 3.97. The Bertz CT molecular complexity index is 702. The highest BCUT2D eigenvalue weighted by atomic mass is 16.1. The Hall–Kier alpha value is -2.03. The molecule has 0 aliphatic rings. The molecule has 0 N–H and O–H groups in total. The summed E-state index contributed by atoms with van der Waals surface area (Å²) in [6.07, 6.45) is 1.33. The van der Waals surface area contributed by atoms with E-state index in [0.717, 1.165) is 23.3 Å². The maximum Gasteiger partial charge on any atom is 0.135 e. The second-order valence-corrected chi connectivity index (χ2v) is 5.64. The average molecular weight is 282 g/mol. The van der Waals surface area contributed by atoms with E-state index in [2.05, 4.69) is 41.2 Å². The number of carbonyl (C=O) groups is 1. The Balaban J connectivity index is 2.23. The molecule has 1 aromatic carbocycles. The lowest BCUT2D eigenvalue weighted by atomic mass is 10.0. The van der Waals surface area contributed by atoms with E-state index in [1.54, 1.807) is 6.92 Å². The number of Topliss-reactive ketones (excluding diaryl/α,β-unsaturated/α-hetero) is 1. The molecular formula is C18H22N2O. The monoisotopic (exact) mass is 282 g/mol. The van der Waals surface area contributed by atoms with Gasteiger partial charge in [0.25, 0.3) is 0 Å². The summed E-state index contributed by atoms with van der Waals surface area (Å²) >= 11 is 0. The highest BCUT2D eigenvalue weighted by Crippen LogP contribution is 2.21. The Kier molecular flexibility index (Phi) is 4.84. The Morgan fingerprint density at radius 3 is 2.71 bits per heavy atom. The number of aryl methyl sites for hydroxylation is 2. The normalized spacial score (nSPS) is 11.9. The predicted molar refractivity (Wildman–Crippen MR) is 88.2 cm³/mol. The molecule has 1 heterocycles. The molecule has 0 saturated carbocycles. The molecule has 0 unspecified atom stereocenters. The van der Waals surface area contributed by atoms with Crippen molar-refractivity contribution in [3.63, 3.8) is 0 Å². The molecule has 0 fully saturated rings. The molecule has 2 aromatic rings. The fourth-order valence-corrected chi connectivity index (χ4v) is 2.60. The highest BCUT2D eigenvalue weighted by Gasteiger charge is 2.06. The number of aliphatic imine (C=N–C) groups is 1. The third-order valence-electron chi connectivity index (χ3n) is 3.52. The number of hydrogen-bond donors (Lipinski definition) is 0. The average Bonchev–Trinajstić information content (AvgIpc) is 2.39. The summed E-state index contributed by atoms with van der Waals surface area (Å²) in [5, 5.41) is 1.21. The maximum atomic E-state index is 11.1. The lowest BCUT2D eigenvalue weighted by molar-refractivity contribution is -0.115. The van der Waals surface area contributed by atoms with Gasteiger partial charge in [0.2, 0.25) is 0 Å². The van der Waals surface area contributed by atoms with Crippen LogP contribution in [-0.2, 0) is 11.2 Å². The molecular weight excluding hydrogens is 260 g/mol. The lowest BCUT2D eigenvalue weighted by Gasteiger charge is -2.09. The minimum Gasteiger partial charge on any atom is -0.300 e. The van der Waals surface area contributed by atoms with Crippen molar-refractivity contribution in [2.45, 2.75) is 40.5 Å². The van der Waals surface area contributed by atoms with Crippen molar-refractivity contribution < 1.29 is 4.79 Å². The van der Waals surface area contributed by atoms with Gasteiger partial charge in [-0.05, 0) is 51.3 Å². The predicted octanol–water partition coefficient (Wildman–Crippen LogP) is 3.83. The van der Waals surface area contributed by atoms with Gasteiger partial charge < -0.3 is 0 Å². The van der Waals surface area contributed by atoms with Crippen LogP contribution in [-0.4, -0.2) is 23.0 Å². The van der Waals surface area contributed by atoms with Crippen molar-refractivity contribution in [3.8, 4) is 0 Å². The first-order valence-electron chi connectivity index (χ1n) is 7.32. The number of benzene rings is 1. The number of rotatable bonds is 5. The van der Waals surface area contributed by atoms with Crippen LogP contribution in [0.4, 0.5) is 0 Å². The smallest absolute Gasteiger partial charge is 0.135 e. The Morgan fingerprint density at radius 1 is 1.24 bits per heavy atom. The fraction of sp³-hybridized carbons (Fsp3) is 0.389. The Labute approximate surface area is 126 Å². The molecule has 0 bridgehead atoms. The van der Waals surface area contributed by atoms with Crippen molar-refractivity contribution in [2.24, 2.45) is 4.99 Å². The van der Waals surface area contributed by atoms with Crippen LogP contribution < -0.4 is 0 Å². The first-order valence-corrected chi connectivity index (χ1v) is 7.32. The van der Waals surface area contributed by atoms with E-state index >= 15 is 0 Å². The van der Waals surface area contributed by atoms with Crippen molar-refractivity contribution >= 4 is 22.4 Å². The maximum absolute atomic E-state index is 11.1. The van der Waals surface area contributed by atoms with E-state index in [1.165, 1.54) is 16.5 Å². The molecule has 0 saturated heterocycles. The molecule has 2 rings (SSSR count). The van der Waals surface area contributed by atoms with Gasteiger partial charge in [0, 0.05) is 29.8 Å². The van der Waals surface area contributed by atoms with Gasteiger partial charge >= 0.3 is 0 Å². The summed E-state index contributed by atoms with van der Waals surface area (Å²) in [5.74, 6) is 0.164. The second kappa shape index (κ2) is 6.61. The number of ketones is 1. The number of hydrogen-bond acceptors (Lipinski definition) is 3. The van der Waals surface area contributed by atoms with E-state index in [0.29, 0.717) is 13.0 Å². The summed E-state index contributed by atoms with van der Waals surface area (Å²) in [7, 11) is 0. The van der Waals surface area contributed by atoms with Gasteiger partial charge in [-0.2, -0.15) is 0 Å². The van der Waals surface area contributed by atoms with Crippen LogP contribution in [0.2, 0.25) is 0 Å². The summed E-state index contributed by atoms with van der Waals surface area (Å²) < 4.78 is 0. The first kappa shape index (κ1) is 15.4. The minimum absolute atomic E-state index is 0.164. The quantitative estimate of drug-likeness (QED) is 0.782. The van der Waals surface area contributed by atoms with E-state index < -0.39 is 0 Å². The van der Waals surface area contributed by atoms with Gasteiger partial charge in [-0.15, -0.1) is 0 Å². The molecule has 1 aromatic heterocycles. The van der Waals surface area contributed by atoms with Crippen LogP contribution in [0.3, 0.4) is 0 Å². The molecule has 0 aliphatic carbocycles. The van der Waals surface area contributed by atoms with Crippen molar-refractivity contribution in [2.75, 3.05) is 6.54 Å². The molecule has 21 heavy (non-hydrogen) atoms. The largest absolute Gasteiger partial charge is 0.300 e. The third-order valence-corrected chi connectivity index (χ3v) is 3.52. The molecule has 110 valence electrons. The number of nitrogens with zero attached hydrogens (tertiary/aromatic N) is 2. The highest BCUT2D eigenvalue weighted by molar-refractivity contribution is 5.99. The summed E-state index contributed by atoms with van der Waals surface area (Å²) in [4.78, 5) is 20.2. The van der Waals surface area contributed by atoms with Gasteiger partial charge in [-0.1, -0.05) is 18.2 Å². The fourth-order valence-electron chi connectivity index (χ4n) is 2.60. The number of pyridine rings is 1. The van der Waals surface area contributed by atoms with Crippen molar-refractivity contribution in [3.05, 3.63) is 41.1 Å². The number of fused-ring (bicyclic) bond motifs is 1. The number of aromatic nitrogens is 1. The standard InChI is InChI=1S/C18H22N2O/c1-12-6-5-7-17-16(11-14(3)20-18(12)17)8-9-19-13(2)10-15(4)21/h5-7,11H,8-10H2,1-4H3. The molecule has 3 nitrogen and oxygen atoms in total. The van der Waals surface area contributed by atoms with E-state index in [9.17, 15) is 4.79 Å². The topological polar surface area (TPSA) is 42.3 Å². The number of para-hydroxylation sites is 1. The van der Waals surface area contributed by atoms with Gasteiger partial charge in [-0.25, -0.2) is 0 Å². The lowest BCUT2D eigenvalue weighted by Crippen LogP contribution is -2.02. The zero-order valence-corrected chi connectivity index (χ0v) is 13.2. The van der Waals surface area contributed by atoms with Gasteiger partial charge in [-0.3, -0.25) is 14.8 Å². The second-order valence-electron chi connectivity index (χ2n) is 5.64. The first-order chi connectivity index (χ1) is 9.97. The van der Waals surface area contributed by atoms with Crippen LogP contribution in [0.5, 0.6) is 0 Å². The zero-order valence-electron chi connectivity index (χ0n) is 13.2. The SMILES string of the molecule is CC(=O)CC(C)=NCCc1cc(C)nc2c(C)cccc12. The van der Waals surface area contributed by atoms with Crippen molar-refractivity contribution in [1.29, 1.82) is 0 Å². The molecule has 0 amide bonds. The molecule has 3 heteroatoms. The zero-order chi connectivity index (χ0) is 15.4. The summed E-state index contributed by atoms with van der Waals surface area (Å²) in [6, 6.07) is 8.42. The summed E-state index contributed by atoms with van der Waals surface area (Å²) in [5.41, 5.74) is 5.51. The van der Waals surface area contributed by atoms with Crippen LogP contribution in [0.1, 0.15) is 37.1 Å².